The van der Waals surface area contributed by atoms with E-state index in [2.05, 4.69) is 27.7 Å². The molecule has 0 aliphatic carbocycles. The van der Waals surface area contributed by atoms with Crippen LogP contribution in [0.25, 0.3) is 0 Å². The Morgan fingerprint density at radius 2 is 1.72 bits per heavy atom. The first-order valence-electron chi connectivity index (χ1n) is 8.80. The second-order valence-electron chi connectivity index (χ2n) is 6.07. The second-order valence-corrected chi connectivity index (χ2v) is 6.07. The summed E-state index contributed by atoms with van der Waals surface area (Å²) >= 11 is 0. The van der Waals surface area contributed by atoms with Crippen molar-refractivity contribution in [1.82, 2.24) is 20.4 Å². The van der Waals surface area contributed by atoms with Gasteiger partial charge in [-0.2, -0.15) is 0 Å². The molecule has 2 rings (SSSR count). The van der Waals surface area contributed by atoms with Gasteiger partial charge in [-0.05, 0) is 18.4 Å². The van der Waals surface area contributed by atoms with Gasteiger partial charge in [0, 0.05) is 45.8 Å². The molecule has 0 aromatic heterocycles. The fraction of sp³-hybridized carbons (Fsp3) is 0.556. The van der Waals surface area contributed by atoms with Crippen molar-refractivity contribution in [2.75, 3.05) is 52.9 Å². The van der Waals surface area contributed by atoms with Crippen LogP contribution in [0.15, 0.2) is 30.3 Å². The Labute approximate surface area is 149 Å². The van der Waals surface area contributed by atoms with E-state index in [-0.39, 0.29) is 12.1 Å². The molecule has 7 heteroatoms. The van der Waals surface area contributed by atoms with Crippen molar-refractivity contribution in [1.29, 1.82) is 0 Å². The molecule has 1 heterocycles. The van der Waals surface area contributed by atoms with Crippen LogP contribution in [0.1, 0.15) is 12.0 Å². The minimum absolute atomic E-state index is 0.124. The number of aryl methyl sites for hydroxylation is 1. The van der Waals surface area contributed by atoms with Gasteiger partial charge >= 0.3 is 12.1 Å². The van der Waals surface area contributed by atoms with Gasteiger partial charge < -0.3 is 20.3 Å². The number of nitrogens with zero attached hydrogens (tertiary/aromatic N) is 2. The number of carbonyl (C=O) groups is 2. The number of hydrogen-bond acceptors (Lipinski definition) is 4. The molecular formula is C18H28N4O3. The lowest BCUT2D eigenvalue weighted by Gasteiger charge is -2.33. The zero-order valence-electron chi connectivity index (χ0n) is 14.9. The summed E-state index contributed by atoms with van der Waals surface area (Å²) in [7, 11) is 1.40. The summed E-state index contributed by atoms with van der Waals surface area (Å²) in [6, 6.07) is 10.1. The first kappa shape index (κ1) is 19.1. The maximum Gasteiger partial charge on any atom is 0.409 e. The molecule has 0 radical (unpaired) electrons. The van der Waals surface area contributed by atoms with Crippen LogP contribution in [0, 0.1) is 0 Å². The molecule has 3 amide bonds. The van der Waals surface area contributed by atoms with Gasteiger partial charge in [-0.3, -0.25) is 4.90 Å². The average molecular weight is 348 g/mol. The van der Waals surface area contributed by atoms with Crippen LogP contribution in [0.5, 0.6) is 0 Å². The van der Waals surface area contributed by atoms with Crippen LogP contribution in [0.2, 0.25) is 0 Å². The first-order chi connectivity index (χ1) is 12.2. The lowest BCUT2D eigenvalue weighted by atomic mass is 10.1. The lowest BCUT2D eigenvalue weighted by Crippen LogP contribution is -2.50. The van der Waals surface area contributed by atoms with Gasteiger partial charge in [0.2, 0.25) is 0 Å². The van der Waals surface area contributed by atoms with Crippen LogP contribution in [-0.2, 0) is 11.2 Å². The molecule has 0 saturated carbocycles. The van der Waals surface area contributed by atoms with E-state index in [1.54, 1.807) is 4.90 Å². The third kappa shape index (κ3) is 7.01. The SMILES string of the molecule is COC(=O)N1CCN(CCNC(=O)NCCCc2ccccc2)CC1. The molecule has 0 bridgehead atoms. The lowest BCUT2D eigenvalue weighted by molar-refractivity contribution is 0.0915. The average Bonchev–Trinajstić information content (AvgIpc) is 2.66. The van der Waals surface area contributed by atoms with Crippen LogP contribution in [0.3, 0.4) is 0 Å². The number of nitrogens with one attached hydrogen (secondary N) is 2. The van der Waals surface area contributed by atoms with E-state index < -0.39 is 0 Å². The molecule has 1 saturated heterocycles. The van der Waals surface area contributed by atoms with Crippen molar-refractivity contribution >= 4 is 12.1 Å². The van der Waals surface area contributed by atoms with Crippen molar-refractivity contribution in [2.24, 2.45) is 0 Å². The summed E-state index contributed by atoms with van der Waals surface area (Å²) in [5.41, 5.74) is 1.29. The molecular weight excluding hydrogens is 320 g/mol. The topological polar surface area (TPSA) is 73.9 Å². The number of benzene rings is 1. The number of piperazine rings is 1. The van der Waals surface area contributed by atoms with E-state index in [4.69, 9.17) is 4.74 Å². The Morgan fingerprint density at radius 1 is 1.04 bits per heavy atom. The summed E-state index contributed by atoms with van der Waals surface area (Å²) in [5, 5.41) is 5.76. The molecule has 1 fully saturated rings. The quantitative estimate of drug-likeness (QED) is 0.729. The minimum atomic E-state index is -0.271. The molecule has 1 aliphatic heterocycles. The molecule has 1 aromatic carbocycles. The number of urea groups is 1. The largest absolute Gasteiger partial charge is 0.453 e. The molecule has 0 spiro atoms. The molecule has 138 valence electrons. The fourth-order valence-electron chi connectivity index (χ4n) is 2.81. The highest BCUT2D eigenvalue weighted by atomic mass is 16.5. The van der Waals surface area contributed by atoms with Crippen LogP contribution in [-0.4, -0.2) is 74.8 Å². The summed E-state index contributed by atoms with van der Waals surface area (Å²) in [6.45, 7) is 4.98. The third-order valence-electron chi connectivity index (χ3n) is 4.29. The van der Waals surface area contributed by atoms with E-state index in [9.17, 15) is 9.59 Å². The van der Waals surface area contributed by atoms with E-state index in [0.29, 0.717) is 26.2 Å². The van der Waals surface area contributed by atoms with E-state index in [1.165, 1.54) is 12.7 Å². The molecule has 0 unspecified atom stereocenters. The van der Waals surface area contributed by atoms with Gasteiger partial charge in [0.1, 0.15) is 0 Å². The van der Waals surface area contributed by atoms with Gasteiger partial charge in [-0.25, -0.2) is 9.59 Å². The predicted molar refractivity (Wildman–Crippen MR) is 96.6 cm³/mol. The van der Waals surface area contributed by atoms with E-state index in [0.717, 1.165) is 32.5 Å². The van der Waals surface area contributed by atoms with Gasteiger partial charge in [-0.1, -0.05) is 30.3 Å². The molecule has 7 nitrogen and oxygen atoms in total. The molecule has 2 N–H and O–H groups in total. The predicted octanol–water partition coefficient (Wildman–Crippen LogP) is 1.30. The molecule has 1 aromatic rings. The molecule has 0 atom stereocenters. The Balaban J connectivity index is 1.49. The van der Waals surface area contributed by atoms with E-state index >= 15 is 0 Å². The van der Waals surface area contributed by atoms with Crippen molar-refractivity contribution in [3.05, 3.63) is 35.9 Å². The molecule has 25 heavy (non-hydrogen) atoms. The minimum Gasteiger partial charge on any atom is -0.453 e. The van der Waals surface area contributed by atoms with Crippen LogP contribution in [0.4, 0.5) is 9.59 Å². The normalized spacial score (nSPS) is 14.8. The van der Waals surface area contributed by atoms with Crippen LogP contribution >= 0.6 is 0 Å². The van der Waals surface area contributed by atoms with E-state index in [1.807, 2.05) is 18.2 Å². The van der Waals surface area contributed by atoms with Gasteiger partial charge in [-0.15, -0.1) is 0 Å². The Bertz CT molecular complexity index is 530. The number of methoxy groups -OCH3 is 1. The van der Waals surface area contributed by atoms with Gasteiger partial charge in [0.25, 0.3) is 0 Å². The number of carbonyl (C=O) groups excluding carboxylic acids is 2. The number of rotatable bonds is 7. The maximum atomic E-state index is 11.8. The highest BCUT2D eigenvalue weighted by Crippen LogP contribution is 2.03. The second kappa shape index (κ2) is 10.6. The Hall–Kier alpha value is -2.28. The summed E-state index contributed by atoms with van der Waals surface area (Å²) in [6.07, 6.45) is 1.62. The number of hydrogen-bond donors (Lipinski definition) is 2. The Kier molecular flexibility index (Phi) is 8.04. The maximum absolute atomic E-state index is 11.8. The van der Waals surface area contributed by atoms with Crippen molar-refractivity contribution < 1.29 is 14.3 Å². The monoisotopic (exact) mass is 348 g/mol. The Morgan fingerprint density at radius 3 is 2.40 bits per heavy atom. The zero-order chi connectivity index (χ0) is 17.9. The van der Waals surface area contributed by atoms with Crippen molar-refractivity contribution in [2.45, 2.75) is 12.8 Å². The highest BCUT2D eigenvalue weighted by Gasteiger charge is 2.20. The van der Waals surface area contributed by atoms with Gasteiger partial charge in [0.15, 0.2) is 0 Å². The first-order valence-corrected chi connectivity index (χ1v) is 8.80. The molecule has 1 aliphatic rings. The summed E-state index contributed by atoms with van der Waals surface area (Å²) in [4.78, 5) is 27.1. The summed E-state index contributed by atoms with van der Waals surface area (Å²) < 4.78 is 4.72. The van der Waals surface area contributed by atoms with Crippen molar-refractivity contribution in [3.8, 4) is 0 Å². The number of amides is 3. The highest BCUT2D eigenvalue weighted by molar-refractivity contribution is 5.73. The van der Waals surface area contributed by atoms with Crippen molar-refractivity contribution in [3.63, 3.8) is 0 Å². The fourth-order valence-corrected chi connectivity index (χ4v) is 2.81. The van der Waals surface area contributed by atoms with Gasteiger partial charge in [0.05, 0.1) is 7.11 Å². The smallest absolute Gasteiger partial charge is 0.409 e. The van der Waals surface area contributed by atoms with Crippen LogP contribution < -0.4 is 10.6 Å². The zero-order valence-corrected chi connectivity index (χ0v) is 14.9. The number of ether oxygens (including phenoxy) is 1. The third-order valence-corrected chi connectivity index (χ3v) is 4.29. The summed E-state index contributed by atoms with van der Waals surface area (Å²) in [5.74, 6) is 0. The standard InChI is InChI=1S/C18H28N4O3/c1-25-18(24)22-14-12-21(13-15-22)11-10-20-17(23)19-9-5-8-16-6-3-2-4-7-16/h2-4,6-7H,5,8-15H2,1H3,(H2,19,20,23).